The van der Waals surface area contributed by atoms with E-state index in [9.17, 15) is 13.2 Å². The summed E-state index contributed by atoms with van der Waals surface area (Å²) in [5.41, 5.74) is 2.56. The predicted molar refractivity (Wildman–Crippen MR) is 126 cm³/mol. The van der Waals surface area contributed by atoms with Crippen molar-refractivity contribution in [3.63, 3.8) is 0 Å². The molecule has 1 amide bonds. The van der Waals surface area contributed by atoms with Gasteiger partial charge in [0.1, 0.15) is 0 Å². The Labute approximate surface area is 187 Å². The molecule has 4 rings (SSSR count). The highest BCUT2D eigenvalue weighted by Gasteiger charge is 2.33. The normalized spacial score (nSPS) is 15.8. The van der Waals surface area contributed by atoms with Crippen molar-refractivity contribution in [3.8, 4) is 0 Å². The van der Waals surface area contributed by atoms with Gasteiger partial charge in [-0.2, -0.15) is 0 Å². The number of aromatic nitrogens is 1. The number of nitrogens with one attached hydrogen (secondary N) is 1. The van der Waals surface area contributed by atoms with Gasteiger partial charge in [-0.3, -0.25) is 14.4 Å². The minimum absolute atomic E-state index is 0.0714. The summed E-state index contributed by atoms with van der Waals surface area (Å²) in [4.78, 5) is 18.8. The van der Waals surface area contributed by atoms with Gasteiger partial charge in [0.25, 0.3) is 15.9 Å². The molecule has 1 aliphatic rings. The number of amides is 1. The third-order valence-electron chi connectivity index (χ3n) is 4.23. The van der Waals surface area contributed by atoms with Crippen LogP contribution in [-0.2, 0) is 14.8 Å². The standard InChI is InChI=1S/C20H15N3O3S4/c1-13-2-4-14(5-3-13)12-17-18(24)23(20(27)29-17)15-6-8-16(9-7-15)30(25,26)22-19-21-10-11-28-19/h2-12H,1H3,(H,21,22). The molecule has 3 aromatic rings. The second kappa shape index (κ2) is 8.31. The first-order valence-electron chi connectivity index (χ1n) is 8.70. The third kappa shape index (κ3) is 4.31. The Morgan fingerprint density at radius 1 is 1.10 bits per heavy atom. The lowest BCUT2D eigenvalue weighted by atomic mass is 10.1. The number of carbonyl (C=O) groups is 1. The summed E-state index contributed by atoms with van der Waals surface area (Å²) in [6, 6.07) is 13.8. The van der Waals surface area contributed by atoms with E-state index in [1.54, 1.807) is 23.6 Å². The van der Waals surface area contributed by atoms with E-state index in [1.807, 2.05) is 31.2 Å². The fraction of sp³-hybridized carbons (Fsp3) is 0.0500. The number of thiocarbonyl (C=S) groups is 1. The highest BCUT2D eigenvalue weighted by Crippen LogP contribution is 2.36. The topological polar surface area (TPSA) is 79.4 Å². The van der Waals surface area contributed by atoms with Crippen LogP contribution >= 0.6 is 35.3 Å². The van der Waals surface area contributed by atoms with Gasteiger partial charge in [-0.25, -0.2) is 13.4 Å². The molecule has 1 saturated heterocycles. The molecular formula is C20H15N3O3S4. The van der Waals surface area contributed by atoms with Crippen LogP contribution in [0.25, 0.3) is 6.08 Å². The molecule has 1 aliphatic heterocycles. The molecule has 0 bridgehead atoms. The molecule has 0 spiro atoms. The summed E-state index contributed by atoms with van der Waals surface area (Å²) in [5, 5.41) is 1.97. The van der Waals surface area contributed by atoms with Crippen LogP contribution in [0.3, 0.4) is 0 Å². The molecule has 0 atom stereocenters. The molecule has 10 heteroatoms. The minimum atomic E-state index is -3.76. The molecule has 0 aliphatic carbocycles. The number of hydrogen-bond acceptors (Lipinski definition) is 7. The number of carbonyl (C=O) groups excluding carboxylic acids is 1. The fourth-order valence-electron chi connectivity index (χ4n) is 2.73. The molecule has 0 saturated carbocycles. The van der Waals surface area contributed by atoms with Crippen LogP contribution < -0.4 is 9.62 Å². The first-order chi connectivity index (χ1) is 14.3. The first-order valence-corrected chi connectivity index (χ1v) is 12.3. The maximum Gasteiger partial charge on any atom is 0.270 e. The lowest BCUT2D eigenvalue weighted by Crippen LogP contribution is -2.27. The van der Waals surface area contributed by atoms with E-state index in [0.717, 1.165) is 11.1 Å². The van der Waals surface area contributed by atoms with Gasteiger partial charge in [0, 0.05) is 11.6 Å². The average Bonchev–Trinajstić information content (AvgIpc) is 3.31. The van der Waals surface area contributed by atoms with Crippen LogP contribution in [0.2, 0.25) is 0 Å². The molecule has 1 fully saturated rings. The van der Waals surface area contributed by atoms with E-state index < -0.39 is 10.0 Å². The average molecular weight is 474 g/mol. The van der Waals surface area contributed by atoms with E-state index >= 15 is 0 Å². The Kier molecular flexibility index (Phi) is 5.74. The Bertz CT molecular complexity index is 1230. The molecule has 1 N–H and O–H groups in total. The monoisotopic (exact) mass is 473 g/mol. The van der Waals surface area contributed by atoms with Gasteiger partial charge in [0.15, 0.2) is 9.45 Å². The quantitative estimate of drug-likeness (QED) is 0.429. The molecular weight excluding hydrogens is 459 g/mol. The van der Waals surface area contributed by atoms with Gasteiger partial charge in [0.05, 0.1) is 15.5 Å². The lowest BCUT2D eigenvalue weighted by molar-refractivity contribution is -0.113. The van der Waals surface area contributed by atoms with Crippen molar-refractivity contribution in [2.24, 2.45) is 0 Å². The number of aryl methyl sites for hydroxylation is 1. The number of hydrogen-bond donors (Lipinski definition) is 1. The van der Waals surface area contributed by atoms with E-state index in [0.29, 0.717) is 14.9 Å². The summed E-state index contributed by atoms with van der Waals surface area (Å²) < 4.78 is 27.8. The second-order valence-electron chi connectivity index (χ2n) is 6.36. The molecule has 0 unspecified atom stereocenters. The Morgan fingerprint density at radius 3 is 2.43 bits per heavy atom. The highest BCUT2D eigenvalue weighted by molar-refractivity contribution is 8.27. The van der Waals surface area contributed by atoms with Crippen LogP contribution in [0, 0.1) is 6.92 Å². The van der Waals surface area contributed by atoms with Crippen LogP contribution in [0.5, 0.6) is 0 Å². The van der Waals surface area contributed by atoms with Crippen molar-refractivity contribution in [1.29, 1.82) is 0 Å². The zero-order valence-corrected chi connectivity index (χ0v) is 18.9. The first kappa shape index (κ1) is 20.7. The molecule has 152 valence electrons. The van der Waals surface area contributed by atoms with Gasteiger partial charge < -0.3 is 0 Å². The van der Waals surface area contributed by atoms with Crippen molar-refractivity contribution >= 4 is 72.5 Å². The summed E-state index contributed by atoms with van der Waals surface area (Å²) in [6.45, 7) is 2.00. The fourth-order valence-corrected chi connectivity index (χ4v) is 5.81. The number of sulfonamides is 1. The van der Waals surface area contributed by atoms with Crippen LogP contribution in [-0.4, -0.2) is 23.6 Å². The van der Waals surface area contributed by atoms with Gasteiger partial charge in [-0.05, 0) is 42.8 Å². The van der Waals surface area contributed by atoms with Crippen molar-refractivity contribution in [3.05, 3.63) is 76.1 Å². The number of nitrogens with zero attached hydrogens (tertiary/aromatic N) is 2. The van der Waals surface area contributed by atoms with E-state index in [2.05, 4.69) is 9.71 Å². The number of thioether (sulfide) groups is 1. The van der Waals surface area contributed by atoms with Crippen molar-refractivity contribution < 1.29 is 13.2 Å². The van der Waals surface area contributed by atoms with Gasteiger partial charge in [0.2, 0.25) is 0 Å². The van der Waals surface area contributed by atoms with Crippen LogP contribution in [0.15, 0.2) is 69.9 Å². The Hall–Kier alpha value is -2.53. The van der Waals surface area contributed by atoms with Crippen molar-refractivity contribution in [1.82, 2.24) is 4.98 Å². The van der Waals surface area contributed by atoms with Crippen LogP contribution in [0.1, 0.15) is 11.1 Å². The summed E-state index contributed by atoms with van der Waals surface area (Å²) in [7, 11) is -3.76. The zero-order chi connectivity index (χ0) is 21.3. The summed E-state index contributed by atoms with van der Waals surface area (Å²) in [5.74, 6) is -0.234. The zero-order valence-electron chi connectivity index (χ0n) is 15.6. The number of anilines is 2. The predicted octanol–water partition coefficient (Wildman–Crippen LogP) is 4.66. The van der Waals surface area contributed by atoms with E-state index in [-0.39, 0.29) is 15.9 Å². The molecule has 2 aromatic carbocycles. The molecule has 1 aromatic heterocycles. The van der Waals surface area contributed by atoms with Crippen LogP contribution in [0.4, 0.5) is 10.8 Å². The molecule has 0 radical (unpaired) electrons. The van der Waals surface area contributed by atoms with Crippen molar-refractivity contribution in [2.75, 3.05) is 9.62 Å². The Morgan fingerprint density at radius 2 is 1.80 bits per heavy atom. The van der Waals surface area contributed by atoms with Gasteiger partial charge >= 0.3 is 0 Å². The highest BCUT2D eigenvalue weighted by atomic mass is 32.2. The molecule has 2 heterocycles. The number of rotatable bonds is 5. The summed E-state index contributed by atoms with van der Waals surface area (Å²) >= 11 is 7.80. The number of benzene rings is 2. The smallest absolute Gasteiger partial charge is 0.268 e. The largest absolute Gasteiger partial charge is 0.270 e. The van der Waals surface area contributed by atoms with Gasteiger partial charge in [-0.15, -0.1) is 11.3 Å². The van der Waals surface area contributed by atoms with Gasteiger partial charge in [-0.1, -0.05) is 53.8 Å². The second-order valence-corrected chi connectivity index (χ2v) is 10.6. The van der Waals surface area contributed by atoms with E-state index in [1.165, 1.54) is 46.3 Å². The Balaban J connectivity index is 1.56. The number of thiazole rings is 1. The van der Waals surface area contributed by atoms with E-state index in [4.69, 9.17) is 12.2 Å². The molecule has 30 heavy (non-hydrogen) atoms. The van der Waals surface area contributed by atoms with Crippen molar-refractivity contribution in [2.45, 2.75) is 11.8 Å². The molecule has 6 nitrogen and oxygen atoms in total. The third-order valence-corrected chi connectivity index (χ3v) is 7.70. The lowest BCUT2D eigenvalue weighted by Gasteiger charge is -2.15. The SMILES string of the molecule is Cc1ccc(C=C2SC(=S)N(c3ccc(S(=O)(=O)Nc4nccs4)cc3)C2=O)cc1. The maximum absolute atomic E-state index is 12.9. The maximum atomic E-state index is 12.9. The summed E-state index contributed by atoms with van der Waals surface area (Å²) in [6.07, 6.45) is 3.32. The minimum Gasteiger partial charge on any atom is -0.268 e.